The molecule has 0 aliphatic carbocycles. The molecular formula is C17H12F4N2O9S. The molecule has 0 spiro atoms. The molecule has 2 amide bonds. The summed E-state index contributed by atoms with van der Waals surface area (Å²) >= 11 is 0. The molecule has 0 saturated carbocycles. The molecule has 2 aliphatic rings. The van der Waals surface area contributed by atoms with E-state index in [1.54, 1.807) is 0 Å². The van der Waals surface area contributed by atoms with Gasteiger partial charge in [0, 0.05) is 21.9 Å². The predicted molar refractivity (Wildman–Crippen MR) is 95.0 cm³/mol. The molecule has 2 aromatic rings. The number of nitrogens with zero attached hydrogens (tertiary/aromatic N) is 2. The van der Waals surface area contributed by atoms with Gasteiger partial charge in [-0.1, -0.05) is 12.1 Å². The van der Waals surface area contributed by atoms with Crippen molar-refractivity contribution in [2.45, 2.75) is 23.6 Å². The highest BCUT2D eigenvalue weighted by Gasteiger charge is 2.67. The van der Waals surface area contributed by atoms with Crippen LogP contribution in [0.2, 0.25) is 0 Å². The van der Waals surface area contributed by atoms with E-state index in [4.69, 9.17) is 5.11 Å². The summed E-state index contributed by atoms with van der Waals surface area (Å²) in [6.45, 7) is -2.56. The highest BCUT2D eigenvalue weighted by atomic mass is 32.2. The molecule has 2 aromatic carbocycles. The summed E-state index contributed by atoms with van der Waals surface area (Å²) in [5, 5.41) is 32.1. The first-order valence-corrected chi connectivity index (χ1v) is 10.2. The summed E-state index contributed by atoms with van der Waals surface area (Å²) in [5.41, 5.74) is -1.14. The predicted octanol–water partition coefficient (Wildman–Crippen LogP) is 0.604. The molecular weight excluding hydrogens is 484 g/mol. The van der Waals surface area contributed by atoms with Crippen LogP contribution in [0.5, 0.6) is 0 Å². The van der Waals surface area contributed by atoms with Gasteiger partial charge in [-0.3, -0.25) is 14.8 Å². The third-order valence-corrected chi connectivity index (χ3v) is 6.50. The lowest BCUT2D eigenvalue weighted by atomic mass is 9.86. The van der Waals surface area contributed by atoms with Gasteiger partial charge >= 0.3 is 21.3 Å². The molecule has 11 nitrogen and oxygen atoms in total. The van der Waals surface area contributed by atoms with Crippen molar-refractivity contribution in [2.75, 3.05) is 6.61 Å². The maximum atomic E-state index is 13.9. The van der Waals surface area contributed by atoms with E-state index < -0.39 is 62.8 Å². The Balaban J connectivity index is 1.85. The quantitative estimate of drug-likeness (QED) is 0.343. The smallest absolute Gasteiger partial charge is 0.390 e. The number of aliphatic hydroxyl groups is 3. The Morgan fingerprint density at radius 3 is 1.91 bits per heavy atom. The van der Waals surface area contributed by atoms with Crippen molar-refractivity contribution in [3.05, 3.63) is 46.5 Å². The Morgan fingerprint density at radius 1 is 0.909 bits per heavy atom. The second-order valence-corrected chi connectivity index (χ2v) is 8.66. The van der Waals surface area contributed by atoms with Gasteiger partial charge in [0.2, 0.25) is 0 Å². The lowest BCUT2D eigenvalue weighted by Gasteiger charge is -2.35. The minimum Gasteiger partial charge on any atom is -0.390 e. The number of rotatable bonds is 5. The zero-order valence-electron chi connectivity index (χ0n) is 15.8. The van der Waals surface area contributed by atoms with Crippen molar-refractivity contribution in [1.29, 1.82) is 0 Å². The number of alkyl halides is 4. The molecule has 0 fully saturated rings. The molecule has 0 aromatic heterocycles. The van der Waals surface area contributed by atoms with E-state index in [2.05, 4.69) is 4.28 Å². The SMILES string of the molecule is O=C1c2ccc3c4c(ccc(c24)C(O)N1O)C(=O)N(OS(=O)(=O)C(F)(F)C(F)(F)CO)C3O. The standard InChI is InChI=1S/C17H12F4N2O9S/c18-16(19,5-24)17(20,21)33(30,31)32-23-14(27)8-3-1-6-10-7(13(26)22(29)12(6)25)2-4-9(11(8)10)15(23)28/h1-4,12,15,24-25,28-29H,5H2. The van der Waals surface area contributed by atoms with E-state index in [1.807, 2.05) is 0 Å². The van der Waals surface area contributed by atoms with Gasteiger partial charge in [-0.25, -0.2) is 0 Å². The monoisotopic (exact) mass is 496 g/mol. The van der Waals surface area contributed by atoms with Gasteiger partial charge in [-0.2, -0.15) is 36.1 Å². The van der Waals surface area contributed by atoms with Crippen LogP contribution in [0.3, 0.4) is 0 Å². The van der Waals surface area contributed by atoms with Crippen LogP contribution >= 0.6 is 0 Å². The molecule has 4 rings (SSSR count). The lowest BCUT2D eigenvalue weighted by molar-refractivity contribution is -0.195. The highest BCUT2D eigenvalue weighted by molar-refractivity contribution is 7.87. The molecule has 2 atom stereocenters. The lowest BCUT2D eigenvalue weighted by Crippen LogP contribution is -2.52. The van der Waals surface area contributed by atoms with Crippen LogP contribution in [0, 0.1) is 0 Å². The van der Waals surface area contributed by atoms with E-state index >= 15 is 0 Å². The number of hydroxylamine groups is 4. The fourth-order valence-corrected chi connectivity index (χ4v) is 4.44. The van der Waals surface area contributed by atoms with Crippen molar-refractivity contribution in [2.24, 2.45) is 0 Å². The number of amides is 2. The minimum absolute atomic E-state index is 0.00583. The number of benzene rings is 2. The third-order valence-electron chi connectivity index (χ3n) is 5.22. The number of hydrogen-bond donors (Lipinski definition) is 4. The third kappa shape index (κ3) is 2.95. The fourth-order valence-electron chi connectivity index (χ4n) is 3.56. The zero-order valence-corrected chi connectivity index (χ0v) is 16.6. The highest BCUT2D eigenvalue weighted by Crippen LogP contribution is 2.45. The Morgan fingerprint density at radius 2 is 1.39 bits per heavy atom. The molecule has 2 aliphatic heterocycles. The molecule has 4 N–H and O–H groups in total. The van der Waals surface area contributed by atoms with E-state index in [-0.39, 0.29) is 32.5 Å². The van der Waals surface area contributed by atoms with Crippen molar-refractivity contribution < 1.29 is 60.4 Å². The average Bonchev–Trinajstić information content (AvgIpc) is 2.76. The number of carbonyl (C=O) groups excluding carboxylic acids is 2. The van der Waals surface area contributed by atoms with Crippen molar-refractivity contribution in [1.82, 2.24) is 10.1 Å². The number of hydrogen-bond acceptors (Lipinski definition) is 9. The molecule has 0 radical (unpaired) electrons. The summed E-state index contributed by atoms with van der Waals surface area (Å²) in [4.78, 5) is 25.1. The number of aliphatic hydroxyl groups excluding tert-OH is 3. The van der Waals surface area contributed by atoms with E-state index in [1.165, 1.54) is 0 Å². The maximum Gasteiger partial charge on any atom is 0.436 e. The molecule has 2 unspecified atom stereocenters. The molecule has 2 heterocycles. The Hall–Kier alpha value is -2.89. The first-order chi connectivity index (χ1) is 15.2. The minimum atomic E-state index is -6.63. The van der Waals surface area contributed by atoms with Crippen LogP contribution in [0.4, 0.5) is 17.6 Å². The van der Waals surface area contributed by atoms with Gasteiger partial charge in [0.1, 0.15) is 6.61 Å². The van der Waals surface area contributed by atoms with Gasteiger partial charge < -0.3 is 15.3 Å². The van der Waals surface area contributed by atoms with Gasteiger partial charge in [0.15, 0.2) is 12.5 Å². The van der Waals surface area contributed by atoms with Crippen LogP contribution in [0.1, 0.15) is 44.3 Å². The van der Waals surface area contributed by atoms with Crippen LogP contribution in [-0.4, -0.2) is 68.7 Å². The van der Waals surface area contributed by atoms with E-state index in [0.29, 0.717) is 0 Å². The van der Waals surface area contributed by atoms with Crippen LogP contribution in [-0.2, 0) is 14.4 Å². The normalized spacial score (nSPS) is 21.2. The van der Waals surface area contributed by atoms with Crippen LogP contribution < -0.4 is 0 Å². The van der Waals surface area contributed by atoms with Gasteiger partial charge in [0.25, 0.3) is 11.8 Å². The van der Waals surface area contributed by atoms with Crippen LogP contribution in [0.15, 0.2) is 24.3 Å². The molecule has 16 heteroatoms. The summed E-state index contributed by atoms with van der Waals surface area (Å²) in [6, 6.07) is 4.02. The van der Waals surface area contributed by atoms with Crippen molar-refractivity contribution in [3.63, 3.8) is 0 Å². The van der Waals surface area contributed by atoms with Gasteiger partial charge in [0.05, 0.1) is 11.1 Å². The Bertz CT molecular complexity index is 1320. The summed E-state index contributed by atoms with van der Waals surface area (Å²) in [5.74, 6) is -8.12. The Labute approximate surface area is 180 Å². The molecule has 0 bridgehead atoms. The van der Waals surface area contributed by atoms with Crippen LogP contribution in [0.25, 0.3) is 10.8 Å². The Kier molecular flexibility index (Phi) is 4.97. The van der Waals surface area contributed by atoms with E-state index in [0.717, 1.165) is 24.3 Å². The number of carbonyl (C=O) groups is 2. The first kappa shape index (κ1) is 23.3. The zero-order chi connectivity index (χ0) is 24.7. The summed E-state index contributed by atoms with van der Waals surface area (Å²) < 4.78 is 82.0. The van der Waals surface area contributed by atoms with E-state index in [9.17, 15) is 51.0 Å². The number of halogens is 4. The largest absolute Gasteiger partial charge is 0.436 e. The fraction of sp³-hybridized carbons (Fsp3) is 0.294. The summed E-state index contributed by atoms with van der Waals surface area (Å²) in [6.07, 6.45) is -4.29. The first-order valence-electron chi connectivity index (χ1n) is 8.80. The summed E-state index contributed by atoms with van der Waals surface area (Å²) in [7, 11) is -6.63. The van der Waals surface area contributed by atoms with Crippen molar-refractivity contribution in [3.8, 4) is 0 Å². The second kappa shape index (κ2) is 7.05. The maximum absolute atomic E-state index is 13.9. The topological polar surface area (TPSA) is 165 Å². The molecule has 178 valence electrons. The molecule has 33 heavy (non-hydrogen) atoms. The average molecular weight is 496 g/mol. The van der Waals surface area contributed by atoms with Crippen molar-refractivity contribution >= 4 is 32.7 Å². The second-order valence-electron chi connectivity index (χ2n) is 7.09. The van der Waals surface area contributed by atoms with Gasteiger partial charge in [-0.15, -0.1) is 4.28 Å². The van der Waals surface area contributed by atoms with Gasteiger partial charge in [-0.05, 0) is 12.1 Å². The molecule has 0 saturated heterocycles.